The molecule has 2 heterocycles. The highest BCUT2D eigenvalue weighted by atomic mass is 16.7. The number of benzene rings is 1. The van der Waals surface area contributed by atoms with Crippen LogP contribution < -0.4 is 9.47 Å². The number of methoxy groups -OCH3 is 1. The number of rotatable bonds is 2. The van der Waals surface area contributed by atoms with Crippen LogP contribution in [0.1, 0.15) is 18.9 Å². The molecule has 0 aromatic heterocycles. The van der Waals surface area contributed by atoms with Crippen molar-refractivity contribution in [3.05, 3.63) is 35.6 Å². The molecular weight excluding hydrogens is 260 g/mol. The van der Waals surface area contributed by atoms with Gasteiger partial charge in [0.1, 0.15) is 5.76 Å². The summed E-state index contributed by atoms with van der Waals surface area (Å²) in [5.41, 5.74) is 1.29. The van der Waals surface area contributed by atoms with Crippen LogP contribution in [0.5, 0.6) is 11.5 Å². The van der Waals surface area contributed by atoms with E-state index in [0.717, 1.165) is 17.9 Å². The molecule has 0 spiro atoms. The third-order valence-corrected chi connectivity index (χ3v) is 2.98. The van der Waals surface area contributed by atoms with Gasteiger partial charge in [0.15, 0.2) is 11.5 Å². The molecule has 2 aliphatic heterocycles. The Kier molecular flexibility index (Phi) is 4.87. The van der Waals surface area contributed by atoms with E-state index in [1.807, 2.05) is 12.1 Å². The molecule has 0 unspecified atom stereocenters. The van der Waals surface area contributed by atoms with Crippen molar-refractivity contribution >= 4 is 5.97 Å². The number of esters is 1. The molecule has 0 fully saturated rings. The molecule has 108 valence electrons. The molecule has 0 saturated heterocycles. The fraction of sp³-hybridized carbons (Fsp3) is 0.400. The zero-order valence-corrected chi connectivity index (χ0v) is 11.7. The van der Waals surface area contributed by atoms with Crippen LogP contribution in [0.4, 0.5) is 0 Å². The highest BCUT2D eigenvalue weighted by Crippen LogP contribution is 2.32. The fourth-order valence-electron chi connectivity index (χ4n) is 1.82. The van der Waals surface area contributed by atoms with E-state index in [-0.39, 0.29) is 5.97 Å². The molecule has 3 rings (SSSR count). The van der Waals surface area contributed by atoms with E-state index in [1.165, 1.54) is 11.6 Å². The molecule has 5 nitrogen and oxygen atoms in total. The molecule has 2 aliphatic rings. The largest absolute Gasteiger partial charge is 0.501 e. The van der Waals surface area contributed by atoms with Crippen molar-refractivity contribution < 1.29 is 23.7 Å². The van der Waals surface area contributed by atoms with E-state index < -0.39 is 0 Å². The summed E-state index contributed by atoms with van der Waals surface area (Å²) in [5.74, 6) is 2.14. The SMILES string of the molecule is CCc1ccc2c(c1)OCO2.COC1=CC(=O)OCC1. The van der Waals surface area contributed by atoms with E-state index in [1.54, 1.807) is 7.11 Å². The van der Waals surface area contributed by atoms with Gasteiger partial charge in [0.05, 0.1) is 19.8 Å². The zero-order chi connectivity index (χ0) is 14.4. The van der Waals surface area contributed by atoms with Crippen molar-refractivity contribution in [1.82, 2.24) is 0 Å². The average molecular weight is 278 g/mol. The lowest BCUT2D eigenvalue weighted by Gasteiger charge is -2.10. The van der Waals surface area contributed by atoms with Crippen molar-refractivity contribution in [1.29, 1.82) is 0 Å². The van der Waals surface area contributed by atoms with Gasteiger partial charge in [-0.05, 0) is 24.1 Å². The lowest BCUT2D eigenvalue weighted by molar-refractivity contribution is -0.139. The van der Waals surface area contributed by atoms with E-state index >= 15 is 0 Å². The number of carbonyl (C=O) groups is 1. The molecule has 0 aliphatic carbocycles. The van der Waals surface area contributed by atoms with E-state index in [0.29, 0.717) is 25.6 Å². The summed E-state index contributed by atoms with van der Waals surface area (Å²) < 4.78 is 19.8. The van der Waals surface area contributed by atoms with Gasteiger partial charge >= 0.3 is 5.97 Å². The second-order valence-corrected chi connectivity index (χ2v) is 4.27. The molecule has 0 amide bonds. The van der Waals surface area contributed by atoms with Crippen molar-refractivity contribution in [2.24, 2.45) is 0 Å². The van der Waals surface area contributed by atoms with Crippen LogP contribution in [0, 0.1) is 0 Å². The first-order valence-corrected chi connectivity index (χ1v) is 6.52. The molecule has 0 atom stereocenters. The normalized spacial score (nSPS) is 15.7. The maximum absolute atomic E-state index is 10.5. The molecule has 20 heavy (non-hydrogen) atoms. The Morgan fingerprint density at radius 2 is 2.00 bits per heavy atom. The smallest absolute Gasteiger partial charge is 0.334 e. The van der Waals surface area contributed by atoms with Crippen molar-refractivity contribution in [2.75, 3.05) is 20.5 Å². The van der Waals surface area contributed by atoms with Gasteiger partial charge in [-0.1, -0.05) is 13.0 Å². The molecular formula is C15H18O5. The number of cyclic esters (lactones) is 1. The lowest BCUT2D eigenvalue weighted by atomic mass is 10.1. The number of hydrogen-bond acceptors (Lipinski definition) is 5. The summed E-state index contributed by atoms with van der Waals surface area (Å²) in [5, 5.41) is 0. The molecule has 0 bridgehead atoms. The maximum Gasteiger partial charge on any atom is 0.334 e. The van der Waals surface area contributed by atoms with Gasteiger partial charge in [-0.3, -0.25) is 0 Å². The van der Waals surface area contributed by atoms with Gasteiger partial charge in [-0.2, -0.15) is 0 Å². The Balaban J connectivity index is 0.000000151. The predicted molar refractivity (Wildman–Crippen MR) is 72.6 cm³/mol. The van der Waals surface area contributed by atoms with Crippen LogP contribution in [-0.4, -0.2) is 26.5 Å². The number of carbonyl (C=O) groups excluding carboxylic acids is 1. The highest BCUT2D eigenvalue weighted by Gasteiger charge is 2.12. The minimum absolute atomic E-state index is 0.307. The van der Waals surface area contributed by atoms with Crippen molar-refractivity contribution in [2.45, 2.75) is 19.8 Å². The second kappa shape index (κ2) is 6.84. The predicted octanol–water partition coefficient (Wildman–Crippen LogP) is 2.44. The van der Waals surface area contributed by atoms with Crippen molar-refractivity contribution in [3.8, 4) is 11.5 Å². The summed E-state index contributed by atoms with van der Waals surface area (Å²) in [4.78, 5) is 10.5. The Morgan fingerprint density at radius 1 is 1.20 bits per heavy atom. The Hall–Kier alpha value is -2.17. The van der Waals surface area contributed by atoms with Gasteiger partial charge in [-0.15, -0.1) is 0 Å². The average Bonchev–Trinajstić information content (AvgIpc) is 2.95. The van der Waals surface area contributed by atoms with Crippen LogP contribution in [0.2, 0.25) is 0 Å². The molecule has 1 aromatic rings. The van der Waals surface area contributed by atoms with Gasteiger partial charge in [0.25, 0.3) is 0 Å². The summed E-state index contributed by atoms with van der Waals surface area (Å²) in [7, 11) is 1.55. The summed E-state index contributed by atoms with van der Waals surface area (Å²) in [6.45, 7) is 2.93. The zero-order valence-electron chi connectivity index (χ0n) is 11.7. The van der Waals surface area contributed by atoms with E-state index in [2.05, 4.69) is 17.7 Å². The Bertz CT molecular complexity index is 507. The number of aryl methyl sites for hydroxylation is 1. The molecule has 5 heteroatoms. The molecule has 0 N–H and O–H groups in total. The van der Waals surface area contributed by atoms with Gasteiger partial charge in [0.2, 0.25) is 6.79 Å². The van der Waals surface area contributed by atoms with E-state index in [4.69, 9.17) is 14.2 Å². The minimum atomic E-state index is -0.307. The summed E-state index contributed by atoms with van der Waals surface area (Å²) >= 11 is 0. The van der Waals surface area contributed by atoms with Gasteiger partial charge < -0.3 is 18.9 Å². The summed E-state index contributed by atoms with van der Waals surface area (Å²) in [6, 6.07) is 6.05. The monoisotopic (exact) mass is 278 g/mol. The number of hydrogen-bond donors (Lipinski definition) is 0. The van der Waals surface area contributed by atoms with Crippen LogP contribution in [0.3, 0.4) is 0 Å². The number of fused-ring (bicyclic) bond motifs is 1. The topological polar surface area (TPSA) is 54.0 Å². The summed E-state index contributed by atoms with van der Waals surface area (Å²) in [6.07, 6.45) is 3.10. The molecule has 1 aromatic carbocycles. The molecule has 0 radical (unpaired) electrons. The van der Waals surface area contributed by atoms with Crippen LogP contribution in [0.25, 0.3) is 0 Å². The first kappa shape index (κ1) is 14.2. The second-order valence-electron chi connectivity index (χ2n) is 4.27. The van der Waals surface area contributed by atoms with Crippen LogP contribution in [0.15, 0.2) is 30.0 Å². The van der Waals surface area contributed by atoms with Crippen LogP contribution in [-0.2, 0) is 20.7 Å². The first-order valence-electron chi connectivity index (χ1n) is 6.52. The Labute approximate surface area is 118 Å². The standard InChI is InChI=1S/C9H10O2.C6H8O3/c1-2-7-3-4-8-9(5-7)11-6-10-8;1-8-5-2-3-9-6(7)4-5/h3-5H,2,6H2,1H3;4H,2-3H2,1H3. The quantitative estimate of drug-likeness (QED) is 0.778. The third-order valence-electron chi connectivity index (χ3n) is 2.98. The minimum Gasteiger partial charge on any atom is -0.501 e. The number of ether oxygens (including phenoxy) is 4. The van der Waals surface area contributed by atoms with Gasteiger partial charge in [-0.25, -0.2) is 4.79 Å². The molecule has 0 saturated carbocycles. The van der Waals surface area contributed by atoms with E-state index in [9.17, 15) is 4.79 Å². The third kappa shape index (κ3) is 3.66. The lowest BCUT2D eigenvalue weighted by Crippen LogP contribution is -2.11. The Morgan fingerprint density at radius 3 is 2.65 bits per heavy atom. The van der Waals surface area contributed by atoms with Crippen LogP contribution >= 0.6 is 0 Å². The maximum atomic E-state index is 10.5. The fourth-order valence-corrected chi connectivity index (χ4v) is 1.82. The van der Waals surface area contributed by atoms with Crippen molar-refractivity contribution in [3.63, 3.8) is 0 Å². The first-order chi connectivity index (χ1) is 9.72. The van der Waals surface area contributed by atoms with Gasteiger partial charge in [0, 0.05) is 6.42 Å². The highest BCUT2D eigenvalue weighted by molar-refractivity contribution is 5.83.